The Morgan fingerprint density at radius 1 is 1.11 bits per heavy atom. The summed E-state index contributed by atoms with van der Waals surface area (Å²) in [6.07, 6.45) is 12.0. The second-order valence-corrected chi connectivity index (χ2v) is 12.3. The van der Waals surface area contributed by atoms with Crippen LogP contribution in [0.15, 0.2) is 18.2 Å². The molecule has 3 atom stereocenters. The fraction of sp³-hybridized carbons (Fsp3) is 0.742. The summed E-state index contributed by atoms with van der Waals surface area (Å²) in [6.45, 7) is 6.37. The van der Waals surface area contributed by atoms with Gasteiger partial charge in [-0.25, -0.2) is 0 Å². The second kappa shape index (κ2) is 13.8. The first kappa shape index (κ1) is 28.9. The summed E-state index contributed by atoms with van der Waals surface area (Å²) in [5.74, 6) is 1.68. The van der Waals surface area contributed by atoms with Gasteiger partial charge in [0, 0.05) is 42.7 Å². The lowest BCUT2D eigenvalue weighted by Gasteiger charge is -2.35. The molecule has 1 aliphatic heterocycles. The van der Waals surface area contributed by atoms with Crippen LogP contribution in [0, 0.1) is 17.8 Å². The van der Waals surface area contributed by atoms with Gasteiger partial charge in [-0.1, -0.05) is 45.4 Å². The lowest BCUT2D eigenvalue weighted by Crippen LogP contribution is -2.48. The molecule has 0 unspecified atom stereocenters. The summed E-state index contributed by atoms with van der Waals surface area (Å²) < 4.78 is 6.68. The van der Waals surface area contributed by atoms with Crippen LogP contribution in [0.2, 0.25) is 0 Å². The number of nitrogens with zero attached hydrogens (tertiary/aromatic N) is 2. The quantitative estimate of drug-likeness (QED) is 0.504. The summed E-state index contributed by atoms with van der Waals surface area (Å²) >= 11 is 0. The molecule has 2 N–H and O–H groups in total. The number of nitrogens with one attached hydrogen (secondary N) is 1. The standard InChI is InChI=1S/C31H49N3O4/c1-22-18-34(23(2)21-35)30(36)17-26-16-27(32-31(37)25-12-8-5-9-13-25)14-15-28(26)38-29(22)20-33(3)19-24-10-6-4-7-11-24/h14-16,22-25,29,35H,4-13,17-21H2,1-3H3,(H,32,37)/t22-,23-,29+/m1/s1. The highest BCUT2D eigenvalue weighted by atomic mass is 16.5. The highest BCUT2D eigenvalue weighted by molar-refractivity contribution is 5.93. The molecule has 0 saturated heterocycles. The van der Waals surface area contributed by atoms with Gasteiger partial charge < -0.3 is 25.0 Å². The monoisotopic (exact) mass is 527 g/mol. The number of aliphatic hydroxyl groups is 1. The Morgan fingerprint density at radius 2 is 1.79 bits per heavy atom. The first-order chi connectivity index (χ1) is 18.3. The molecule has 0 radical (unpaired) electrons. The fourth-order valence-electron chi connectivity index (χ4n) is 6.53. The molecule has 0 aromatic heterocycles. The van der Waals surface area contributed by atoms with Crippen molar-refractivity contribution in [2.75, 3.05) is 38.6 Å². The van der Waals surface area contributed by atoms with Crippen LogP contribution in [0.3, 0.4) is 0 Å². The van der Waals surface area contributed by atoms with Crippen LogP contribution < -0.4 is 10.1 Å². The van der Waals surface area contributed by atoms with Gasteiger partial charge in [0.15, 0.2) is 0 Å². The lowest BCUT2D eigenvalue weighted by atomic mass is 9.88. The molecule has 7 heteroatoms. The first-order valence-corrected chi connectivity index (χ1v) is 15.0. The summed E-state index contributed by atoms with van der Waals surface area (Å²) in [4.78, 5) is 30.6. The molecule has 1 heterocycles. The second-order valence-electron chi connectivity index (χ2n) is 12.3. The van der Waals surface area contributed by atoms with Crippen molar-refractivity contribution in [2.45, 2.75) is 96.6 Å². The number of anilines is 1. The first-order valence-electron chi connectivity index (χ1n) is 15.0. The van der Waals surface area contributed by atoms with Crippen LogP contribution >= 0.6 is 0 Å². The van der Waals surface area contributed by atoms with E-state index in [9.17, 15) is 14.7 Å². The van der Waals surface area contributed by atoms with E-state index in [0.29, 0.717) is 6.54 Å². The Labute approximate surface area is 229 Å². The summed E-state index contributed by atoms with van der Waals surface area (Å²) in [5.41, 5.74) is 1.51. The molecule has 212 valence electrons. The molecule has 0 bridgehead atoms. The van der Waals surface area contributed by atoms with Crippen LogP contribution in [0.5, 0.6) is 5.75 Å². The number of carbonyl (C=O) groups excluding carboxylic acids is 2. The molecule has 0 spiro atoms. The van der Waals surface area contributed by atoms with Crippen molar-refractivity contribution in [3.8, 4) is 5.75 Å². The van der Waals surface area contributed by atoms with Gasteiger partial charge in [-0.3, -0.25) is 9.59 Å². The maximum absolute atomic E-state index is 13.5. The number of likely N-dealkylation sites (N-methyl/N-ethyl adjacent to an activating group) is 1. The van der Waals surface area contributed by atoms with Crippen LogP contribution in [0.4, 0.5) is 5.69 Å². The molecule has 3 aliphatic rings. The van der Waals surface area contributed by atoms with Crippen molar-refractivity contribution >= 4 is 17.5 Å². The molecule has 2 amide bonds. The molecule has 2 fully saturated rings. The van der Waals surface area contributed by atoms with E-state index in [1.807, 2.05) is 30.0 Å². The largest absolute Gasteiger partial charge is 0.488 e. The maximum Gasteiger partial charge on any atom is 0.227 e. The molecule has 2 aliphatic carbocycles. The molecule has 4 rings (SSSR count). The Bertz CT molecular complexity index is 926. The minimum atomic E-state index is -0.263. The van der Waals surface area contributed by atoms with Crippen molar-refractivity contribution in [3.63, 3.8) is 0 Å². The minimum Gasteiger partial charge on any atom is -0.488 e. The van der Waals surface area contributed by atoms with Gasteiger partial charge in [-0.05, 0) is 63.8 Å². The summed E-state index contributed by atoms with van der Waals surface area (Å²) in [5, 5.41) is 13.0. The number of benzene rings is 1. The molecular weight excluding hydrogens is 478 g/mol. The minimum absolute atomic E-state index is 0.0183. The van der Waals surface area contributed by atoms with Gasteiger partial charge >= 0.3 is 0 Å². The number of hydrogen-bond donors (Lipinski definition) is 2. The van der Waals surface area contributed by atoms with Crippen molar-refractivity contribution in [3.05, 3.63) is 23.8 Å². The van der Waals surface area contributed by atoms with Gasteiger partial charge in [-0.15, -0.1) is 0 Å². The van der Waals surface area contributed by atoms with Crippen LogP contribution in [0.25, 0.3) is 0 Å². The zero-order valence-corrected chi connectivity index (χ0v) is 23.8. The Balaban J connectivity index is 1.53. The normalized spacial score (nSPS) is 24.7. The van der Waals surface area contributed by atoms with E-state index in [-0.39, 0.29) is 48.8 Å². The maximum atomic E-state index is 13.5. The fourth-order valence-corrected chi connectivity index (χ4v) is 6.53. The number of carbonyl (C=O) groups is 2. The average Bonchev–Trinajstić information content (AvgIpc) is 2.97. The number of ether oxygens (including phenoxy) is 1. The molecule has 1 aromatic carbocycles. The van der Waals surface area contributed by atoms with Gasteiger partial charge in [0.25, 0.3) is 0 Å². The lowest BCUT2D eigenvalue weighted by molar-refractivity contribution is -0.134. The van der Waals surface area contributed by atoms with Crippen LogP contribution in [0.1, 0.15) is 83.6 Å². The van der Waals surface area contributed by atoms with Crippen molar-refractivity contribution in [2.24, 2.45) is 17.8 Å². The Morgan fingerprint density at radius 3 is 2.47 bits per heavy atom. The number of amides is 2. The van der Waals surface area contributed by atoms with E-state index in [4.69, 9.17) is 4.74 Å². The van der Waals surface area contributed by atoms with Gasteiger partial charge in [0.05, 0.1) is 19.1 Å². The van der Waals surface area contributed by atoms with E-state index >= 15 is 0 Å². The number of aliphatic hydroxyl groups excluding tert-OH is 1. The number of rotatable bonds is 8. The van der Waals surface area contributed by atoms with E-state index in [0.717, 1.165) is 61.7 Å². The highest BCUT2D eigenvalue weighted by Gasteiger charge is 2.32. The van der Waals surface area contributed by atoms with Crippen LogP contribution in [-0.2, 0) is 16.0 Å². The zero-order valence-electron chi connectivity index (χ0n) is 23.8. The predicted molar refractivity (Wildman–Crippen MR) is 151 cm³/mol. The third-order valence-corrected chi connectivity index (χ3v) is 8.95. The average molecular weight is 528 g/mol. The highest BCUT2D eigenvalue weighted by Crippen LogP contribution is 2.31. The predicted octanol–water partition coefficient (Wildman–Crippen LogP) is 4.87. The van der Waals surface area contributed by atoms with Gasteiger partial charge in [0.2, 0.25) is 11.8 Å². The molecular formula is C31H49N3O4. The van der Waals surface area contributed by atoms with E-state index in [1.54, 1.807) is 0 Å². The van der Waals surface area contributed by atoms with Crippen LogP contribution in [-0.4, -0.2) is 72.2 Å². The SMILES string of the molecule is C[C@@H]1CN([C@H](C)CO)C(=O)Cc2cc(NC(=O)C3CCCCC3)ccc2O[C@H]1CN(C)CC1CCCCC1. The molecule has 2 saturated carbocycles. The number of fused-ring (bicyclic) bond motifs is 1. The van der Waals surface area contributed by atoms with E-state index in [1.165, 1.54) is 38.5 Å². The van der Waals surface area contributed by atoms with Gasteiger partial charge in [-0.2, -0.15) is 0 Å². The third-order valence-electron chi connectivity index (χ3n) is 8.95. The van der Waals surface area contributed by atoms with E-state index < -0.39 is 0 Å². The van der Waals surface area contributed by atoms with E-state index in [2.05, 4.69) is 24.2 Å². The smallest absolute Gasteiger partial charge is 0.227 e. The summed E-state index contributed by atoms with van der Waals surface area (Å²) in [7, 11) is 2.18. The topological polar surface area (TPSA) is 82.1 Å². The molecule has 38 heavy (non-hydrogen) atoms. The van der Waals surface area contributed by atoms with Crippen molar-refractivity contribution in [1.82, 2.24) is 9.80 Å². The van der Waals surface area contributed by atoms with Gasteiger partial charge in [0.1, 0.15) is 11.9 Å². The third kappa shape index (κ3) is 7.72. The van der Waals surface area contributed by atoms with Crippen molar-refractivity contribution < 1.29 is 19.4 Å². The Kier molecular flexibility index (Phi) is 10.5. The van der Waals surface area contributed by atoms with Crippen molar-refractivity contribution in [1.29, 1.82) is 0 Å². The Hall–Kier alpha value is -2.12. The summed E-state index contributed by atoms with van der Waals surface area (Å²) in [6, 6.07) is 5.48. The number of hydrogen-bond acceptors (Lipinski definition) is 5. The zero-order chi connectivity index (χ0) is 27.1. The molecule has 1 aromatic rings. The molecule has 7 nitrogen and oxygen atoms in total.